The number of aromatic nitrogens is 1. The molecule has 0 saturated carbocycles. The quantitative estimate of drug-likeness (QED) is 0.599. The number of nitrogens with zero attached hydrogens (tertiary/aromatic N) is 2. The van der Waals surface area contributed by atoms with Crippen LogP contribution in [0.2, 0.25) is 0 Å². The molecule has 2 amide bonds. The van der Waals surface area contributed by atoms with E-state index >= 15 is 0 Å². The maximum Gasteiger partial charge on any atom is 1.00 e. The largest absolute Gasteiger partial charge is 1.00 e. The van der Waals surface area contributed by atoms with Gasteiger partial charge in [-0.15, -0.1) is 0 Å². The van der Waals surface area contributed by atoms with Gasteiger partial charge < -0.3 is 15.2 Å². The first kappa shape index (κ1) is 7.21. The lowest BCUT2D eigenvalue weighted by atomic mass is 10.3. The van der Waals surface area contributed by atoms with E-state index in [1.807, 2.05) is 18.3 Å². The zero-order valence-corrected chi connectivity index (χ0v) is 6.73. The summed E-state index contributed by atoms with van der Waals surface area (Å²) >= 11 is 0. The summed E-state index contributed by atoms with van der Waals surface area (Å²) < 4.78 is 2.14. The molecule has 0 spiro atoms. The Morgan fingerprint density at radius 1 is 1.58 bits per heavy atom. The number of amides is 2. The molecule has 0 aliphatic carbocycles. The second kappa shape index (κ2) is 2.55. The molecule has 4 heteroatoms. The number of hydrogen-bond acceptors (Lipinski definition) is 1. The molecule has 4 nitrogen and oxygen atoms in total. The van der Waals surface area contributed by atoms with Crippen LogP contribution in [0.1, 0.15) is 7.12 Å². The van der Waals surface area contributed by atoms with Crippen molar-refractivity contribution in [1.29, 1.82) is 0 Å². The fourth-order valence-corrected chi connectivity index (χ4v) is 1.50. The van der Waals surface area contributed by atoms with Crippen molar-refractivity contribution in [3.63, 3.8) is 0 Å². The van der Waals surface area contributed by atoms with E-state index in [0.717, 1.165) is 18.8 Å². The summed E-state index contributed by atoms with van der Waals surface area (Å²) in [5.41, 5.74) is 6.32. The maximum atomic E-state index is 10.8. The standard InChI is InChI=1S/C8H11N3O/c9-8(12)11-5-4-10-3-1-2-7(10)6-11/h1-3H,4-6H2,(H2,9,12)/p+1. The first-order valence-electron chi connectivity index (χ1n) is 3.96. The lowest BCUT2D eigenvalue weighted by Crippen LogP contribution is -2.41. The molecule has 0 radical (unpaired) electrons. The van der Waals surface area contributed by atoms with Gasteiger partial charge in [-0.2, -0.15) is 0 Å². The van der Waals surface area contributed by atoms with Crippen molar-refractivity contribution in [1.82, 2.24) is 9.47 Å². The van der Waals surface area contributed by atoms with Crippen LogP contribution in [0.3, 0.4) is 0 Å². The molecule has 64 valence electrons. The van der Waals surface area contributed by atoms with Crippen molar-refractivity contribution in [3.05, 3.63) is 24.0 Å². The third kappa shape index (κ3) is 1.05. The minimum Gasteiger partial charge on any atom is -0.351 e. The van der Waals surface area contributed by atoms with Crippen LogP contribution < -0.4 is 5.73 Å². The van der Waals surface area contributed by atoms with Gasteiger partial charge >= 0.3 is 7.46 Å². The average molecular weight is 166 g/mol. The Hall–Kier alpha value is -1.45. The van der Waals surface area contributed by atoms with Gasteiger partial charge in [-0.25, -0.2) is 4.79 Å². The second-order valence-electron chi connectivity index (χ2n) is 2.95. The summed E-state index contributed by atoms with van der Waals surface area (Å²) in [6, 6.07) is 3.66. The predicted molar refractivity (Wildman–Crippen MR) is 45.5 cm³/mol. The first-order valence-corrected chi connectivity index (χ1v) is 3.96. The summed E-state index contributed by atoms with van der Waals surface area (Å²) in [5.74, 6) is 0. The van der Waals surface area contributed by atoms with Crippen molar-refractivity contribution >= 4 is 6.03 Å². The predicted octanol–water partition coefficient (Wildman–Crippen LogP) is 0.495. The molecule has 0 fully saturated rings. The molecule has 0 atom stereocenters. The lowest BCUT2D eigenvalue weighted by Gasteiger charge is -2.26. The molecule has 0 bridgehead atoms. The van der Waals surface area contributed by atoms with E-state index in [0.29, 0.717) is 6.54 Å². The van der Waals surface area contributed by atoms with Gasteiger partial charge in [0.25, 0.3) is 0 Å². The summed E-state index contributed by atoms with van der Waals surface area (Å²) in [5, 5.41) is 0. The Bertz CT molecular complexity index is 310. The number of fused-ring (bicyclic) bond motifs is 1. The number of hydrogen-bond donors (Lipinski definition) is 1. The number of nitrogens with two attached hydrogens (primary N) is 1. The molecule has 1 aliphatic rings. The van der Waals surface area contributed by atoms with E-state index in [1.165, 1.54) is 0 Å². The van der Waals surface area contributed by atoms with E-state index in [4.69, 9.17) is 5.73 Å². The van der Waals surface area contributed by atoms with Crippen molar-refractivity contribution in [2.75, 3.05) is 6.54 Å². The van der Waals surface area contributed by atoms with Gasteiger partial charge in [0.05, 0.1) is 6.54 Å². The molecule has 1 aliphatic heterocycles. The highest BCUT2D eigenvalue weighted by atomic mass is 16.2. The molecular formula is C8H12N3O+. The monoisotopic (exact) mass is 166 g/mol. The van der Waals surface area contributed by atoms with Crippen molar-refractivity contribution in [2.45, 2.75) is 13.1 Å². The van der Waals surface area contributed by atoms with Gasteiger partial charge in [-0.3, -0.25) is 0 Å². The van der Waals surface area contributed by atoms with Crippen molar-refractivity contribution < 1.29 is 6.22 Å². The topological polar surface area (TPSA) is 51.3 Å². The molecule has 2 heterocycles. The van der Waals surface area contributed by atoms with E-state index in [2.05, 4.69) is 4.57 Å². The van der Waals surface area contributed by atoms with Crippen molar-refractivity contribution in [2.24, 2.45) is 5.73 Å². The van der Waals surface area contributed by atoms with E-state index in [9.17, 15) is 4.79 Å². The Labute approximate surface area is 72.1 Å². The van der Waals surface area contributed by atoms with Crippen LogP contribution in [0, 0.1) is 0 Å². The van der Waals surface area contributed by atoms with Crippen LogP contribution in [0.15, 0.2) is 18.3 Å². The number of urea groups is 1. The third-order valence-electron chi connectivity index (χ3n) is 2.20. The Morgan fingerprint density at radius 2 is 2.42 bits per heavy atom. The zero-order valence-electron chi connectivity index (χ0n) is 7.73. The number of carbonyl (C=O) groups excluding carboxylic acids is 1. The Kier molecular flexibility index (Phi) is 1.53. The summed E-state index contributed by atoms with van der Waals surface area (Å²) in [7, 11) is 0. The molecular weight excluding hydrogens is 154 g/mol. The Morgan fingerprint density at radius 3 is 3.17 bits per heavy atom. The van der Waals surface area contributed by atoms with Crippen LogP contribution in [-0.2, 0) is 13.1 Å². The molecule has 0 unspecified atom stereocenters. The zero-order chi connectivity index (χ0) is 8.55. The third-order valence-corrected chi connectivity index (χ3v) is 2.20. The lowest BCUT2D eigenvalue weighted by molar-refractivity contribution is 0.193. The van der Waals surface area contributed by atoms with Crippen LogP contribution in [0.4, 0.5) is 4.79 Å². The number of carbonyl (C=O) groups is 1. The normalized spacial score (nSPS) is 15.8. The molecule has 1 aromatic rings. The van der Waals surface area contributed by atoms with Crippen LogP contribution in [0.25, 0.3) is 0 Å². The maximum absolute atomic E-state index is 10.8. The average Bonchev–Trinajstić information content (AvgIpc) is 2.49. The minimum absolute atomic E-state index is 0. The highest BCUT2D eigenvalue weighted by molar-refractivity contribution is 5.72. The van der Waals surface area contributed by atoms with E-state index in [1.54, 1.807) is 4.90 Å². The molecule has 2 N–H and O–H groups in total. The minimum atomic E-state index is -0.331. The number of rotatable bonds is 0. The van der Waals surface area contributed by atoms with Gasteiger partial charge in [0.2, 0.25) is 0 Å². The molecule has 2 rings (SSSR count). The molecule has 12 heavy (non-hydrogen) atoms. The van der Waals surface area contributed by atoms with Crippen molar-refractivity contribution in [3.8, 4) is 0 Å². The molecule has 1 aromatic heterocycles. The van der Waals surface area contributed by atoms with E-state index in [-0.39, 0.29) is 7.46 Å². The smallest absolute Gasteiger partial charge is 0.351 e. The summed E-state index contributed by atoms with van der Waals surface area (Å²) in [4.78, 5) is 12.5. The second-order valence-corrected chi connectivity index (χ2v) is 2.95. The first-order chi connectivity index (χ1) is 5.77. The van der Waals surface area contributed by atoms with Gasteiger partial charge in [0.1, 0.15) is 0 Å². The molecule has 0 aromatic carbocycles. The van der Waals surface area contributed by atoms with Gasteiger partial charge in [-0.1, -0.05) is 0 Å². The summed E-state index contributed by atoms with van der Waals surface area (Å²) in [6.07, 6.45) is 2.02. The SMILES string of the molecule is NC(=O)N1CCn2cccc2C1.[H+]. The fraction of sp³-hybridized carbons (Fsp3) is 0.375. The number of primary amides is 1. The van der Waals surface area contributed by atoms with Crippen LogP contribution >= 0.6 is 0 Å². The molecule has 0 saturated heterocycles. The highest BCUT2D eigenvalue weighted by Crippen LogP contribution is 2.11. The van der Waals surface area contributed by atoms with E-state index < -0.39 is 0 Å². The summed E-state index contributed by atoms with van der Waals surface area (Å²) in [6.45, 7) is 2.21. The van der Waals surface area contributed by atoms with Crippen LogP contribution in [0.5, 0.6) is 0 Å². The Balaban J connectivity index is 0.000000845. The fourth-order valence-electron chi connectivity index (χ4n) is 1.50. The van der Waals surface area contributed by atoms with Gasteiger partial charge in [0.15, 0.2) is 0 Å². The van der Waals surface area contributed by atoms with Gasteiger partial charge in [-0.05, 0) is 12.1 Å². The van der Waals surface area contributed by atoms with Gasteiger partial charge in [0, 0.05) is 25.0 Å². The van der Waals surface area contributed by atoms with Crippen LogP contribution in [-0.4, -0.2) is 22.0 Å². The highest BCUT2D eigenvalue weighted by Gasteiger charge is 2.16.